The molecule has 0 spiro atoms. The Morgan fingerprint density at radius 2 is 1.95 bits per heavy atom. The van der Waals surface area contributed by atoms with Gasteiger partial charge in [0.15, 0.2) is 0 Å². The largest absolute Gasteiger partial charge is 0.462 e. The predicted molar refractivity (Wildman–Crippen MR) is 79.0 cm³/mol. The molecule has 0 saturated heterocycles. The van der Waals surface area contributed by atoms with Crippen molar-refractivity contribution in [2.24, 2.45) is 0 Å². The number of rotatable bonds is 5. The molecule has 0 aliphatic heterocycles. The van der Waals surface area contributed by atoms with Crippen LogP contribution in [0, 0.1) is 0 Å². The molecular formula is C14H22N4O2S. The van der Waals surface area contributed by atoms with Crippen molar-refractivity contribution < 1.29 is 9.53 Å². The second-order valence-corrected chi connectivity index (χ2v) is 7.26. The van der Waals surface area contributed by atoms with Gasteiger partial charge < -0.3 is 4.74 Å². The summed E-state index contributed by atoms with van der Waals surface area (Å²) < 4.78 is 7.49. The summed E-state index contributed by atoms with van der Waals surface area (Å²) in [5.41, 5.74) is 0. The van der Waals surface area contributed by atoms with Gasteiger partial charge in [0.2, 0.25) is 5.16 Å². The molecule has 0 amide bonds. The van der Waals surface area contributed by atoms with Crippen molar-refractivity contribution in [3.63, 3.8) is 0 Å². The number of esters is 1. The lowest BCUT2D eigenvalue weighted by molar-refractivity contribution is -0.148. The summed E-state index contributed by atoms with van der Waals surface area (Å²) in [6.45, 7) is 1.87. The average molecular weight is 310 g/mol. The van der Waals surface area contributed by atoms with E-state index in [4.69, 9.17) is 4.74 Å². The lowest BCUT2D eigenvalue weighted by atomic mass is 10.1. The fraction of sp³-hybridized carbons (Fsp3) is 0.857. The van der Waals surface area contributed by atoms with Crippen molar-refractivity contribution in [2.75, 3.05) is 0 Å². The van der Waals surface area contributed by atoms with Crippen LogP contribution in [0.25, 0.3) is 0 Å². The number of carbonyl (C=O) groups is 1. The molecule has 0 aromatic carbocycles. The summed E-state index contributed by atoms with van der Waals surface area (Å²) in [4.78, 5) is 12.2. The smallest absolute Gasteiger partial charge is 0.319 e. The molecular weight excluding hydrogens is 288 g/mol. The maximum absolute atomic E-state index is 12.2. The number of ether oxygens (including phenoxy) is 1. The molecule has 7 heteroatoms. The van der Waals surface area contributed by atoms with Crippen LogP contribution in [-0.4, -0.2) is 37.5 Å². The molecule has 0 bridgehead atoms. The average Bonchev–Trinajstić information content (AvgIpc) is 3.26. The molecule has 3 rings (SSSR count). The molecule has 1 heterocycles. The second-order valence-electron chi connectivity index (χ2n) is 5.95. The topological polar surface area (TPSA) is 69.9 Å². The van der Waals surface area contributed by atoms with Gasteiger partial charge in [-0.25, -0.2) is 4.68 Å². The van der Waals surface area contributed by atoms with E-state index < -0.39 is 0 Å². The van der Waals surface area contributed by atoms with E-state index in [2.05, 4.69) is 15.5 Å². The van der Waals surface area contributed by atoms with Gasteiger partial charge in [-0.3, -0.25) is 4.79 Å². The first-order valence-electron chi connectivity index (χ1n) is 7.89. The first kappa shape index (κ1) is 14.8. The standard InChI is InChI=1S/C14H22N4O2S/c1-10(13(19)20-12-6-4-2-3-5-7-12)21-14-15-16-17-18(14)11-8-9-11/h10-12H,2-9H2,1H3. The van der Waals surface area contributed by atoms with Crippen LogP contribution in [-0.2, 0) is 9.53 Å². The first-order valence-corrected chi connectivity index (χ1v) is 8.77. The van der Waals surface area contributed by atoms with E-state index in [0.717, 1.165) is 30.8 Å². The molecule has 1 atom stereocenters. The predicted octanol–water partition coefficient (Wildman–Crippen LogP) is 2.75. The van der Waals surface area contributed by atoms with Gasteiger partial charge in [-0.1, -0.05) is 24.6 Å². The minimum atomic E-state index is -0.267. The summed E-state index contributed by atoms with van der Waals surface area (Å²) in [5.74, 6) is -0.141. The first-order chi connectivity index (χ1) is 10.2. The molecule has 6 nitrogen and oxygen atoms in total. The van der Waals surface area contributed by atoms with Crippen LogP contribution in [0.2, 0.25) is 0 Å². The lowest BCUT2D eigenvalue weighted by Crippen LogP contribution is -2.24. The monoisotopic (exact) mass is 310 g/mol. The van der Waals surface area contributed by atoms with Crippen LogP contribution in [0.15, 0.2) is 5.16 Å². The highest BCUT2D eigenvalue weighted by molar-refractivity contribution is 8.00. The molecule has 2 saturated carbocycles. The van der Waals surface area contributed by atoms with Crippen molar-refractivity contribution in [1.82, 2.24) is 20.2 Å². The molecule has 0 radical (unpaired) electrons. The highest BCUT2D eigenvalue weighted by atomic mass is 32.2. The molecule has 1 unspecified atom stereocenters. The fourth-order valence-electron chi connectivity index (χ4n) is 2.64. The van der Waals surface area contributed by atoms with Gasteiger partial charge in [-0.05, 0) is 55.9 Å². The van der Waals surface area contributed by atoms with Crippen molar-refractivity contribution in [1.29, 1.82) is 0 Å². The van der Waals surface area contributed by atoms with Crippen molar-refractivity contribution >= 4 is 17.7 Å². The number of nitrogens with zero attached hydrogens (tertiary/aromatic N) is 4. The van der Waals surface area contributed by atoms with E-state index >= 15 is 0 Å². The van der Waals surface area contributed by atoms with Crippen LogP contribution < -0.4 is 0 Å². The Kier molecular flexibility index (Phi) is 4.77. The van der Waals surface area contributed by atoms with E-state index in [-0.39, 0.29) is 17.3 Å². The zero-order chi connectivity index (χ0) is 14.7. The van der Waals surface area contributed by atoms with Gasteiger partial charge in [0.05, 0.1) is 6.04 Å². The van der Waals surface area contributed by atoms with E-state index in [0.29, 0.717) is 6.04 Å². The summed E-state index contributed by atoms with van der Waals surface area (Å²) in [6, 6.07) is 0.424. The zero-order valence-electron chi connectivity index (χ0n) is 12.4. The Hall–Kier alpha value is -1.11. The van der Waals surface area contributed by atoms with Gasteiger partial charge in [0, 0.05) is 0 Å². The third-order valence-corrected chi connectivity index (χ3v) is 5.08. The SMILES string of the molecule is CC(Sc1nnnn1C1CC1)C(=O)OC1CCCCCC1. The molecule has 0 N–H and O–H groups in total. The summed E-state index contributed by atoms with van der Waals surface area (Å²) in [6.07, 6.45) is 9.20. The van der Waals surface area contributed by atoms with Crippen LogP contribution in [0.1, 0.15) is 64.3 Å². The Labute approximate surface area is 129 Å². The van der Waals surface area contributed by atoms with Gasteiger partial charge in [-0.15, -0.1) is 5.10 Å². The maximum Gasteiger partial charge on any atom is 0.319 e. The molecule has 2 aliphatic rings. The van der Waals surface area contributed by atoms with Crippen molar-refractivity contribution in [3.05, 3.63) is 0 Å². The Morgan fingerprint density at radius 1 is 1.24 bits per heavy atom. The molecule has 116 valence electrons. The highest BCUT2D eigenvalue weighted by Gasteiger charge is 2.30. The second kappa shape index (κ2) is 6.77. The Bertz CT molecular complexity index is 481. The fourth-order valence-corrected chi connectivity index (χ4v) is 3.48. The van der Waals surface area contributed by atoms with Crippen LogP contribution in [0.3, 0.4) is 0 Å². The molecule has 21 heavy (non-hydrogen) atoms. The quantitative estimate of drug-likeness (QED) is 0.473. The molecule has 1 aromatic rings. The number of thioether (sulfide) groups is 1. The maximum atomic E-state index is 12.2. The van der Waals surface area contributed by atoms with Gasteiger partial charge in [0.1, 0.15) is 11.4 Å². The highest BCUT2D eigenvalue weighted by Crippen LogP contribution is 2.37. The van der Waals surface area contributed by atoms with Gasteiger partial charge in [0.25, 0.3) is 0 Å². The van der Waals surface area contributed by atoms with Crippen molar-refractivity contribution in [2.45, 2.75) is 80.8 Å². The van der Waals surface area contributed by atoms with E-state index in [1.54, 1.807) is 0 Å². The molecule has 1 aromatic heterocycles. The zero-order valence-corrected chi connectivity index (χ0v) is 13.2. The number of hydrogen-bond donors (Lipinski definition) is 0. The normalized spacial score (nSPS) is 21.8. The van der Waals surface area contributed by atoms with Crippen LogP contribution in [0.5, 0.6) is 0 Å². The van der Waals surface area contributed by atoms with E-state index in [9.17, 15) is 4.79 Å². The van der Waals surface area contributed by atoms with Crippen LogP contribution >= 0.6 is 11.8 Å². The van der Waals surface area contributed by atoms with E-state index in [1.807, 2.05) is 11.6 Å². The van der Waals surface area contributed by atoms with Crippen LogP contribution in [0.4, 0.5) is 0 Å². The molecule has 2 fully saturated rings. The minimum absolute atomic E-state index is 0.0995. The third-order valence-electron chi connectivity index (χ3n) is 4.05. The van der Waals surface area contributed by atoms with Crippen molar-refractivity contribution in [3.8, 4) is 0 Å². The summed E-state index contributed by atoms with van der Waals surface area (Å²) in [7, 11) is 0. The van der Waals surface area contributed by atoms with Gasteiger partial charge in [-0.2, -0.15) is 0 Å². The Balaban J connectivity index is 1.52. The molecule has 2 aliphatic carbocycles. The van der Waals surface area contributed by atoms with E-state index in [1.165, 1.54) is 37.4 Å². The number of aromatic nitrogens is 4. The lowest BCUT2D eigenvalue weighted by Gasteiger charge is -2.18. The summed E-state index contributed by atoms with van der Waals surface area (Å²) >= 11 is 1.40. The number of tetrazole rings is 1. The minimum Gasteiger partial charge on any atom is -0.462 e. The Morgan fingerprint density at radius 3 is 2.62 bits per heavy atom. The summed E-state index contributed by atoms with van der Waals surface area (Å²) in [5, 5.41) is 12.2. The third kappa shape index (κ3) is 3.96. The van der Waals surface area contributed by atoms with Gasteiger partial charge >= 0.3 is 5.97 Å². The number of hydrogen-bond acceptors (Lipinski definition) is 6. The number of carbonyl (C=O) groups excluding carboxylic acids is 1.